The van der Waals surface area contributed by atoms with Crippen molar-refractivity contribution in [3.63, 3.8) is 0 Å². The maximum absolute atomic E-state index is 10.8. The molecule has 0 radical (unpaired) electrons. The first kappa shape index (κ1) is 28.2. The van der Waals surface area contributed by atoms with Gasteiger partial charge in [-0.1, -0.05) is 0 Å². The Morgan fingerprint density at radius 2 is 0.545 bits per heavy atom. The van der Waals surface area contributed by atoms with E-state index in [0.29, 0.717) is 0 Å². The molecule has 0 unspecified atom stereocenters. The van der Waals surface area contributed by atoms with Crippen molar-refractivity contribution in [3.05, 3.63) is 60.7 Å². The van der Waals surface area contributed by atoms with Gasteiger partial charge in [0.25, 0.3) is 0 Å². The van der Waals surface area contributed by atoms with Gasteiger partial charge in [-0.15, -0.1) is 0 Å². The van der Waals surface area contributed by atoms with Crippen LogP contribution in [0.15, 0.2) is 0 Å². The van der Waals surface area contributed by atoms with E-state index >= 15 is 0 Å². The van der Waals surface area contributed by atoms with Gasteiger partial charge in [0.15, 0.2) is 0 Å². The third-order valence-corrected chi connectivity index (χ3v) is 9.66. The molecule has 0 aromatic heterocycles. The molecule has 129 valence electrons. The Labute approximate surface area is 138 Å². The quantitative estimate of drug-likeness (QED) is 0.259. The first-order valence-corrected chi connectivity index (χ1v) is 7.48. The Kier molecular flexibility index (Phi) is 8.15. The van der Waals surface area contributed by atoms with Crippen LogP contribution in [-0.4, -0.2) is 51.6 Å². The molecular weight excluding hydrogens is 430 g/mol. The predicted molar refractivity (Wildman–Crippen MR) is 59.2 cm³/mol. The third kappa shape index (κ3) is 1.53. The monoisotopic (exact) mass is 437 g/mol. The Morgan fingerprint density at radius 1 is 0.455 bits per heavy atom. The molecule has 0 aliphatic heterocycles. The topological polar surface area (TPSA) is 329 Å². The molecule has 22 heavy (non-hydrogen) atoms. The predicted octanol–water partition coefficient (Wildman–Crippen LogP) is -1.96. The average Bonchev–Trinajstić information content (AvgIpc) is 2.15. The van der Waals surface area contributed by atoms with E-state index in [0.717, 1.165) is 0 Å². The molecular formula is H7N8NaO12Rh. The van der Waals surface area contributed by atoms with Crippen LogP contribution in [0.2, 0.25) is 0 Å². The Hall–Kier alpha value is -2.06. The Morgan fingerprint density at radius 3 is 0.545 bits per heavy atom. The van der Waals surface area contributed by atoms with Crippen LogP contribution >= 0.6 is 0 Å². The summed E-state index contributed by atoms with van der Waals surface area (Å²) in [6.45, 7) is 0. The van der Waals surface area contributed by atoms with Gasteiger partial charge in [0.05, 0.1) is 0 Å². The summed E-state index contributed by atoms with van der Waals surface area (Å²) in [7, 11) is 0. The van der Waals surface area contributed by atoms with E-state index < -0.39 is 35.9 Å². The molecule has 0 bridgehead atoms. The van der Waals surface area contributed by atoms with Gasteiger partial charge in [0, 0.05) is 0 Å². The normalized spacial score (nSPS) is 12.5. The van der Waals surface area contributed by atoms with Crippen LogP contribution in [0, 0.1) is 60.7 Å². The van der Waals surface area contributed by atoms with Crippen LogP contribution in [0.25, 0.3) is 0 Å². The summed E-state index contributed by atoms with van der Waals surface area (Å²) in [6.07, 6.45) is 0. The van der Waals surface area contributed by atoms with Gasteiger partial charge in [0.1, 0.15) is 0 Å². The first-order valence-electron chi connectivity index (χ1n) is 3.09. The fourth-order valence-electron chi connectivity index (χ4n) is 0.667. The molecule has 0 saturated carbocycles. The number of nitro groups is 6. The summed E-state index contributed by atoms with van der Waals surface area (Å²) in [4.78, 5) is 63.3. The van der Waals surface area contributed by atoms with E-state index in [9.17, 15) is 60.7 Å². The molecule has 0 saturated heterocycles. The van der Waals surface area contributed by atoms with Crippen molar-refractivity contribution in [3.8, 4) is 0 Å². The van der Waals surface area contributed by atoms with Crippen molar-refractivity contribution in [2.24, 2.45) is 0 Å². The SMILES string of the molecule is N.N.O=[N+]([O-])[Rh]([N+](=O)[O-])([N+](=O)[O-])([N+](=O)[O-])([N+](=O)[O-])[N+](=O)[O-].[NaH]. The van der Waals surface area contributed by atoms with Crippen LogP contribution in [0.3, 0.4) is 0 Å². The summed E-state index contributed by atoms with van der Waals surface area (Å²) < 4.78 is -19.4. The van der Waals surface area contributed by atoms with E-state index in [1.54, 1.807) is 0 Å². The minimum absolute atomic E-state index is 0. The molecule has 6 N–H and O–H groups in total. The van der Waals surface area contributed by atoms with Gasteiger partial charge in [-0.2, -0.15) is 0 Å². The zero-order valence-corrected chi connectivity index (χ0v) is 11.0. The summed E-state index contributed by atoms with van der Waals surface area (Å²) in [5.74, 6) is 0. The second-order valence-corrected chi connectivity index (χ2v) is 10.7. The zero-order chi connectivity index (χ0) is 15.9. The minimum atomic E-state index is -10.8. The molecule has 0 aromatic carbocycles. The second-order valence-electron chi connectivity index (χ2n) is 2.18. The van der Waals surface area contributed by atoms with Gasteiger partial charge in [0.2, 0.25) is 0 Å². The van der Waals surface area contributed by atoms with Gasteiger partial charge in [-0.25, -0.2) is 0 Å². The molecule has 0 heterocycles. The number of nitrogens with zero attached hydrogens (tertiary/aromatic N) is 6. The Balaban J connectivity index is -0.000000540. The van der Waals surface area contributed by atoms with E-state index in [1.165, 1.54) is 0 Å². The van der Waals surface area contributed by atoms with Gasteiger partial charge >= 0.3 is 126 Å². The van der Waals surface area contributed by atoms with Crippen LogP contribution in [0.5, 0.6) is 0 Å². The summed E-state index contributed by atoms with van der Waals surface area (Å²) >= 11 is -10.8. The molecule has 0 aliphatic rings. The van der Waals surface area contributed by atoms with Crippen molar-refractivity contribution in [2.75, 3.05) is 0 Å². The molecule has 0 rings (SSSR count). The third-order valence-electron chi connectivity index (χ3n) is 1.63. The molecule has 0 amide bonds. The van der Waals surface area contributed by atoms with Crippen molar-refractivity contribution in [1.29, 1.82) is 0 Å². The summed E-state index contributed by atoms with van der Waals surface area (Å²) in [6, 6.07) is 0. The van der Waals surface area contributed by atoms with Crippen molar-refractivity contribution in [1.82, 2.24) is 12.3 Å². The second kappa shape index (κ2) is 6.37. The standard InChI is InChI=1S/6NO2.2H3N.Na.Rh.H/c6*2-1-3;;;;;/h;;;;;;2*1H3;;;. The van der Waals surface area contributed by atoms with Gasteiger partial charge < -0.3 is 12.3 Å². The average molecular weight is 437 g/mol. The summed E-state index contributed by atoms with van der Waals surface area (Å²) in [5, 5.41) is 63.3. The number of hydrogen-bond donors (Lipinski definition) is 2. The molecule has 0 spiro atoms. The zero-order valence-electron chi connectivity index (χ0n) is 9.33. The fraction of sp³-hybridized carbons (Fsp3) is 0. The number of hydrogen-bond acceptors (Lipinski definition) is 14. The Bertz CT molecular complexity index is 434. The number of rotatable bonds is 6. The molecule has 0 aliphatic carbocycles. The van der Waals surface area contributed by atoms with Crippen LogP contribution in [0.4, 0.5) is 0 Å². The maximum atomic E-state index is 10.5. The van der Waals surface area contributed by atoms with E-state index in [-0.39, 0.29) is 41.9 Å². The van der Waals surface area contributed by atoms with Gasteiger partial charge in [-0.3, -0.25) is 0 Å². The van der Waals surface area contributed by atoms with Gasteiger partial charge in [-0.05, 0) is 0 Å². The molecule has 0 fully saturated rings. The molecule has 20 nitrogen and oxygen atoms in total. The molecule has 22 heteroatoms. The van der Waals surface area contributed by atoms with Crippen molar-refractivity contribution >= 4 is 29.6 Å². The van der Waals surface area contributed by atoms with E-state index in [2.05, 4.69) is 0 Å². The van der Waals surface area contributed by atoms with E-state index in [4.69, 9.17) is 0 Å². The summed E-state index contributed by atoms with van der Waals surface area (Å²) in [5.41, 5.74) is 0. The van der Waals surface area contributed by atoms with Crippen LogP contribution in [-0.2, 0) is 13.9 Å². The molecule has 0 atom stereocenters. The fourth-order valence-corrected chi connectivity index (χ4v) is 3.94. The molecule has 0 aromatic rings. The van der Waals surface area contributed by atoms with Crippen molar-refractivity contribution in [2.45, 2.75) is 0 Å². The van der Waals surface area contributed by atoms with E-state index in [1.807, 2.05) is 0 Å². The van der Waals surface area contributed by atoms with Crippen LogP contribution < -0.4 is 12.3 Å². The van der Waals surface area contributed by atoms with Crippen molar-refractivity contribution < 1.29 is 35.9 Å². The first-order chi connectivity index (χ1) is 8.34. The van der Waals surface area contributed by atoms with Crippen LogP contribution in [0.1, 0.15) is 0 Å².